The van der Waals surface area contributed by atoms with Crippen molar-refractivity contribution in [1.29, 1.82) is 0 Å². The number of nitrogens with one attached hydrogen (secondary N) is 2. The van der Waals surface area contributed by atoms with Gasteiger partial charge in [-0.2, -0.15) is 5.10 Å². The van der Waals surface area contributed by atoms with Crippen LogP contribution in [0.15, 0.2) is 48.8 Å². The van der Waals surface area contributed by atoms with Crippen LogP contribution in [0.2, 0.25) is 0 Å². The second-order valence-electron chi connectivity index (χ2n) is 6.75. The highest BCUT2D eigenvalue weighted by Gasteiger charge is 2.26. The highest BCUT2D eigenvalue weighted by atomic mass is 19.1. The van der Waals surface area contributed by atoms with Gasteiger partial charge >= 0.3 is 5.97 Å². The van der Waals surface area contributed by atoms with Gasteiger partial charge in [-0.25, -0.2) is 4.39 Å². The Balaban J connectivity index is 1.69. The summed E-state index contributed by atoms with van der Waals surface area (Å²) in [5.74, 6) is -1.15. The Morgan fingerprint density at radius 2 is 1.93 bits per heavy atom. The molecule has 3 heterocycles. The van der Waals surface area contributed by atoms with Gasteiger partial charge in [-0.05, 0) is 42.0 Å². The summed E-state index contributed by atoms with van der Waals surface area (Å²) in [6.45, 7) is 2.30. The molecular formula is C20H20FN5O2. The van der Waals surface area contributed by atoms with E-state index in [1.54, 1.807) is 24.5 Å². The zero-order chi connectivity index (χ0) is 19.5. The molecule has 0 amide bonds. The summed E-state index contributed by atoms with van der Waals surface area (Å²) in [6, 6.07) is 9.44. The highest BCUT2D eigenvalue weighted by molar-refractivity contribution is 5.82. The fraction of sp³-hybridized carbons (Fsp3) is 0.250. The number of carbonyl (C=O) groups is 1. The number of aromatic nitrogens is 3. The van der Waals surface area contributed by atoms with Crippen LogP contribution in [0.5, 0.6) is 0 Å². The first-order valence-corrected chi connectivity index (χ1v) is 9.04. The Labute approximate surface area is 161 Å². The molecule has 1 saturated heterocycles. The molecule has 1 unspecified atom stereocenters. The summed E-state index contributed by atoms with van der Waals surface area (Å²) in [5, 5.41) is 19.9. The standard InChI is InChI=1S/C20H20FN5O2/c21-15-3-1-14(2-4-15)19-18(13-5-7-22-8-6-13)16(24-25-19)11-26-10-9-23-17(12-26)20(27)28/h1-8,17,23H,9-12H2,(H,24,25)(H,27,28). The van der Waals surface area contributed by atoms with Gasteiger partial charge in [0.05, 0.1) is 5.69 Å². The van der Waals surface area contributed by atoms with E-state index in [4.69, 9.17) is 0 Å². The van der Waals surface area contributed by atoms with E-state index >= 15 is 0 Å². The summed E-state index contributed by atoms with van der Waals surface area (Å²) < 4.78 is 13.3. The van der Waals surface area contributed by atoms with E-state index in [1.807, 2.05) is 12.1 Å². The van der Waals surface area contributed by atoms with E-state index in [0.717, 1.165) is 34.6 Å². The molecule has 1 atom stereocenters. The van der Waals surface area contributed by atoms with Crippen LogP contribution in [0.4, 0.5) is 4.39 Å². The molecule has 144 valence electrons. The number of hydrogen-bond donors (Lipinski definition) is 3. The first kappa shape index (κ1) is 18.3. The smallest absolute Gasteiger partial charge is 0.322 e. The molecule has 2 aromatic heterocycles. The third-order valence-corrected chi connectivity index (χ3v) is 4.87. The van der Waals surface area contributed by atoms with Crippen molar-refractivity contribution in [3.63, 3.8) is 0 Å². The van der Waals surface area contributed by atoms with Gasteiger partial charge in [0, 0.05) is 49.7 Å². The largest absolute Gasteiger partial charge is 0.480 e. The number of aromatic amines is 1. The minimum atomic E-state index is -0.851. The predicted molar refractivity (Wildman–Crippen MR) is 102 cm³/mol. The van der Waals surface area contributed by atoms with Crippen molar-refractivity contribution in [1.82, 2.24) is 25.4 Å². The Bertz CT molecular complexity index is 958. The van der Waals surface area contributed by atoms with Crippen molar-refractivity contribution >= 4 is 5.97 Å². The van der Waals surface area contributed by atoms with Crippen LogP contribution in [-0.4, -0.2) is 56.8 Å². The molecule has 3 N–H and O–H groups in total. The molecule has 0 bridgehead atoms. The van der Waals surface area contributed by atoms with Crippen molar-refractivity contribution in [3.8, 4) is 22.4 Å². The molecule has 1 fully saturated rings. The molecule has 0 radical (unpaired) electrons. The lowest BCUT2D eigenvalue weighted by molar-refractivity contribution is -0.140. The Kier molecular flexibility index (Phi) is 5.14. The van der Waals surface area contributed by atoms with Crippen molar-refractivity contribution in [2.45, 2.75) is 12.6 Å². The second-order valence-corrected chi connectivity index (χ2v) is 6.75. The zero-order valence-electron chi connectivity index (χ0n) is 15.1. The van der Waals surface area contributed by atoms with Gasteiger partial charge in [0.1, 0.15) is 17.6 Å². The van der Waals surface area contributed by atoms with Crippen LogP contribution < -0.4 is 5.32 Å². The van der Waals surface area contributed by atoms with Crippen LogP contribution in [-0.2, 0) is 11.3 Å². The van der Waals surface area contributed by atoms with Crippen molar-refractivity contribution < 1.29 is 14.3 Å². The third-order valence-electron chi connectivity index (χ3n) is 4.87. The Morgan fingerprint density at radius 3 is 2.64 bits per heavy atom. The van der Waals surface area contributed by atoms with Crippen molar-refractivity contribution in [2.75, 3.05) is 19.6 Å². The lowest BCUT2D eigenvalue weighted by Crippen LogP contribution is -2.53. The average molecular weight is 381 g/mol. The second kappa shape index (κ2) is 7.87. The number of carboxylic acid groups (broad SMARTS) is 1. The van der Waals surface area contributed by atoms with E-state index < -0.39 is 12.0 Å². The molecule has 1 aliphatic rings. The third kappa shape index (κ3) is 3.78. The molecule has 8 heteroatoms. The molecule has 4 rings (SSSR count). The molecule has 1 aromatic carbocycles. The van der Waals surface area contributed by atoms with Gasteiger partial charge in [-0.1, -0.05) is 0 Å². The molecule has 0 spiro atoms. The summed E-state index contributed by atoms with van der Waals surface area (Å²) in [5.41, 5.74) is 4.28. The molecule has 28 heavy (non-hydrogen) atoms. The quantitative estimate of drug-likeness (QED) is 0.627. The first-order valence-electron chi connectivity index (χ1n) is 9.04. The minimum Gasteiger partial charge on any atom is -0.480 e. The maximum absolute atomic E-state index is 13.3. The number of hydrogen-bond acceptors (Lipinski definition) is 5. The fourth-order valence-electron chi connectivity index (χ4n) is 3.48. The molecule has 7 nitrogen and oxygen atoms in total. The van der Waals surface area contributed by atoms with Gasteiger partial charge in [0.15, 0.2) is 0 Å². The Morgan fingerprint density at radius 1 is 1.18 bits per heavy atom. The van der Waals surface area contributed by atoms with Crippen LogP contribution >= 0.6 is 0 Å². The minimum absolute atomic E-state index is 0.300. The number of carboxylic acids is 1. The van der Waals surface area contributed by atoms with Crippen LogP contribution in [0, 0.1) is 5.82 Å². The lowest BCUT2D eigenvalue weighted by atomic mass is 9.99. The summed E-state index contributed by atoms with van der Waals surface area (Å²) in [7, 11) is 0. The lowest BCUT2D eigenvalue weighted by Gasteiger charge is -2.31. The molecule has 0 saturated carbocycles. The van der Waals surface area contributed by atoms with E-state index in [2.05, 4.69) is 25.4 Å². The summed E-state index contributed by atoms with van der Waals surface area (Å²) in [4.78, 5) is 17.5. The van der Waals surface area contributed by atoms with E-state index in [1.165, 1.54) is 12.1 Å². The number of halogens is 1. The van der Waals surface area contributed by atoms with Gasteiger partial charge < -0.3 is 10.4 Å². The van der Waals surface area contributed by atoms with Crippen molar-refractivity contribution in [2.24, 2.45) is 0 Å². The first-order chi connectivity index (χ1) is 13.6. The van der Waals surface area contributed by atoms with Crippen LogP contribution in [0.25, 0.3) is 22.4 Å². The number of benzene rings is 1. The maximum atomic E-state index is 13.3. The monoisotopic (exact) mass is 381 g/mol. The number of piperazine rings is 1. The summed E-state index contributed by atoms with van der Waals surface area (Å²) >= 11 is 0. The average Bonchev–Trinajstić information content (AvgIpc) is 3.13. The van der Waals surface area contributed by atoms with Gasteiger partial charge in [-0.15, -0.1) is 0 Å². The topological polar surface area (TPSA) is 94.1 Å². The van der Waals surface area contributed by atoms with E-state index in [9.17, 15) is 14.3 Å². The number of pyridine rings is 1. The van der Waals surface area contributed by atoms with Crippen LogP contribution in [0.3, 0.4) is 0 Å². The number of rotatable bonds is 5. The number of aliphatic carboxylic acids is 1. The maximum Gasteiger partial charge on any atom is 0.322 e. The van der Waals surface area contributed by atoms with E-state index in [-0.39, 0.29) is 5.82 Å². The van der Waals surface area contributed by atoms with E-state index in [0.29, 0.717) is 19.6 Å². The van der Waals surface area contributed by atoms with Gasteiger partial charge in [0.2, 0.25) is 0 Å². The Hall–Kier alpha value is -3.10. The molecule has 1 aliphatic heterocycles. The van der Waals surface area contributed by atoms with Crippen molar-refractivity contribution in [3.05, 3.63) is 60.3 Å². The number of nitrogens with zero attached hydrogens (tertiary/aromatic N) is 3. The van der Waals surface area contributed by atoms with Gasteiger partial charge in [0.25, 0.3) is 0 Å². The molecular weight excluding hydrogens is 361 g/mol. The normalized spacial score (nSPS) is 17.5. The van der Waals surface area contributed by atoms with Crippen LogP contribution in [0.1, 0.15) is 5.69 Å². The summed E-state index contributed by atoms with van der Waals surface area (Å²) in [6.07, 6.45) is 3.43. The zero-order valence-corrected chi connectivity index (χ0v) is 15.1. The number of H-pyrrole nitrogens is 1. The molecule has 0 aliphatic carbocycles. The fourth-order valence-corrected chi connectivity index (χ4v) is 3.48. The highest BCUT2D eigenvalue weighted by Crippen LogP contribution is 2.33. The SMILES string of the molecule is O=C(O)C1CN(Cc2[nH]nc(-c3ccc(F)cc3)c2-c2ccncc2)CCN1. The molecule has 3 aromatic rings. The van der Waals surface area contributed by atoms with Gasteiger partial charge in [-0.3, -0.25) is 19.8 Å². The predicted octanol–water partition coefficient (Wildman–Crippen LogP) is 2.14.